The molecule has 0 radical (unpaired) electrons. The smallest absolute Gasteiger partial charge is 0.250 e. The maximum absolute atomic E-state index is 12.5. The van der Waals surface area contributed by atoms with Gasteiger partial charge in [0.15, 0.2) is 22.5 Å². The summed E-state index contributed by atoms with van der Waals surface area (Å²) in [6, 6.07) is 17.1. The summed E-state index contributed by atoms with van der Waals surface area (Å²) in [5.74, 6) is 1.28. The van der Waals surface area contributed by atoms with Crippen molar-refractivity contribution in [2.24, 2.45) is 5.10 Å². The van der Waals surface area contributed by atoms with Crippen LogP contribution in [0.3, 0.4) is 0 Å². The Morgan fingerprint density at radius 1 is 1.00 bits per heavy atom. The second-order valence-electron chi connectivity index (χ2n) is 7.72. The molecule has 11 nitrogen and oxygen atoms in total. The van der Waals surface area contributed by atoms with E-state index in [0.29, 0.717) is 39.4 Å². The summed E-state index contributed by atoms with van der Waals surface area (Å²) in [5.41, 5.74) is 4.23. The van der Waals surface area contributed by atoms with E-state index in [1.807, 2.05) is 34.9 Å². The highest BCUT2D eigenvalue weighted by molar-refractivity contribution is 7.99. The van der Waals surface area contributed by atoms with E-state index in [-0.39, 0.29) is 23.2 Å². The lowest BCUT2D eigenvalue weighted by atomic mass is 10.1. The number of methoxy groups -OCH3 is 3. The van der Waals surface area contributed by atoms with Crippen molar-refractivity contribution in [2.75, 3.05) is 27.1 Å². The van der Waals surface area contributed by atoms with Crippen molar-refractivity contribution in [3.8, 4) is 45.8 Å². The Balaban J connectivity index is 1.59. The van der Waals surface area contributed by atoms with Gasteiger partial charge in [0.25, 0.3) is 5.91 Å². The zero-order chi connectivity index (χ0) is 27.1. The molecule has 3 aromatic carbocycles. The normalized spacial score (nSPS) is 10.9. The van der Waals surface area contributed by atoms with E-state index in [1.54, 1.807) is 12.1 Å². The molecule has 0 fully saturated rings. The standard InChI is InChI=1S/C26H25N5O6S/c1-35-21-11-17(12-22(36-2)24(21)37-3)25-29-30-26(31(25)18-7-5-4-6-8-18)38-15-23(34)28-27-14-16-9-10-19(32)13-20(16)33/h4-14,32-33H,15H2,1-3H3,(H,28,34)/b27-14-. The van der Waals surface area contributed by atoms with Crippen molar-refractivity contribution in [1.29, 1.82) is 0 Å². The van der Waals surface area contributed by atoms with Crippen molar-refractivity contribution >= 4 is 23.9 Å². The molecular weight excluding hydrogens is 510 g/mol. The predicted molar refractivity (Wildman–Crippen MR) is 143 cm³/mol. The summed E-state index contributed by atoms with van der Waals surface area (Å²) in [4.78, 5) is 12.5. The fourth-order valence-corrected chi connectivity index (χ4v) is 4.29. The lowest BCUT2D eigenvalue weighted by Crippen LogP contribution is -2.20. The van der Waals surface area contributed by atoms with E-state index in [4.69, 9.17) is 14.2 Å². The van der Waals surface area contributed by atoms with E-state index in [9.17, 15) is 15.0 Å². The monoisotopic (exact) mass is 535 g/mol. The maximum Gasteiger partial charge on any atom is 0.250 e. The quantitative estimate of drug-likeness (QED) is 0.158. The highest BCUT2D eigenvalue weighted by atomic mass is 32.2. The number of phenolic OH excluding ortho intramolecular Hbond substituents is 2. The van der Waals surface area contributed by atoms with Crippen LogP contribution in [0.25, 0.3) is 17.1 Å². The number of thioether (sulfide) groups is 1. The number of nitrogens with zero attached hydrogens (tertiary/aromatic N) is 4. The van der Waals surface area contributed by atoms with Crippen LogP contribution in [0.1, 0.15) is 5.56 Å². The van der Waals surface area contributed by atoms with Crippen LogP contribution in [0.15, 0.2) is 70.9 Å². The molecule has 3 N–H and O–H groups in total. The molecule has 1 heterocycles. The van der Waals surface area contributed by atoms with Gasteiger partial charge in [0.05, 0.1) is 33.3 Å². The van der Waals surface area contributed by atoms with Crippen molar-refractivity contribution < 1.29 is 29.2 Å². The number of carbonyl (C=O) groups excluding carboxylic acids is 1. The summed E-state index contributed by atoms with van der Waals surface area (Å²) in [5, 5.41) is 32.3. The first-order valence-corrected chi connectivity index (χ1v) is 12.2. The van der Waals surface area contributed by atoms with Gasteiger partial charge in [0, 0.05) is 22.9 Å². The number of phenols is 2. The van der Waals surface area contributed by atoms with E-state index in [2.05, 4.69) is 20.7 Å². The van der Waals surface area contributed by atoms with Crippen molar-refractivity contribution in [3.63, 3.8) is 0 Å². The molecule has 1 amide bonds. The largest absolute Gasteiger partial charge is 0.508 e. The minimum Gasteiger partial charge on any atom is -0.508 e. The lowest BCUT2D eigenvalue weighted by molar-refractivity contribution is -0.118. The van der Waals surface area contributed by atoms with Gasteiger partial charge in [-0.15, -0.1) is 10.2 Å². The highest BCUT2D eigenvalue weighted by Crippen LogP contribution is 2.41. The molecule has 4 rings (SSSR count). The van der Waals surface area contributed by atoms with E-state index in [1.165, 1.54) is 57.5 Å². The molecule has 0 saturated carbocycles. The Bertz CT molecular complexity index is 1430. The number of carbonyl (C=O) groups is 1. The third-order valence-corrected chi connectivity index (χ3v) is 6.24. The summed E-state index contributed by atoms with van der Waals surface area (Å²) in [6.07, 6.45) is 1.28. The lowest BCUT2D eigenvalue weighted by Gasteiger charge is -2.15. The van der Waals surface area contributed by atoms with Crippen molar-refractivity contribution in [3.05, 3.63) is 66.2 Å². The minimum atomic E-state index is -0.388. The molecule has 0 saturated heterocycles. The van der Waals surface area contributed by atoms with Gasteiger partial charge in [-0.1, -0.05) is 30.0 Å². The molecule has 0 bridgehead atoms. The Kier molecular flexibility index (Phi) is 8.34. The summed E-state index contributed by atoms with van der Waals surface area (Å²) < 4.78 is 18.2. The summed E-state index contributed by atoms with van der Waals surface area (Å²) in [6.45, 7) is 0. The van der Waals surface area contributed by atoms with Crippen molar-refractivity contribution in [1.82, 2.24) is 20.2 Å². The topological polar surface area (TPSA) is 140 Å². The second kappa shape index (κ2) is 12.0. The Morgan fingerprint density at radius 3 is 2.34 bits per heavy atom. The second-order valence-corrected chi connectivity index (χ2v) is 8.66. The molecule has 0 aliphatic carbocycles. The van der Waals surface area contributed by atoms with Crippen LogP contribution in [0.2, 0.25) is 0 Å². The highest BCUT2D eigenvalue weighted by Gasteiger charge is 2.21. The van der Waals surface area contributed by atoms with Gasteiger partial charge < -0.3 is 24.4 Å². The number of hydrogen-bond donors (Lipinski definition) is 3. The van der Waals surface area contributed by atoms with Gasteiger partial charge in [0.1, 0.15) is 11.5 Å². The van der Waals surface area contributed by atoms with Crippen molar-refractivity contribution in [2.45, 2.75) is 5.16 Å². The first-order valence-electron chi connectivity index (χ1n) is 11.2. The van der Waals surface area contributed by atoms with Crippen LogP contribution < -0.4 is 19.6 Å². The molecule has 4 aromatic rings. The molecule has 38 heavy (non-hydrogen) atoms. The first kappa shape index (κ1) is 26.4. The summed E-state index contributed by atoms with van der Waals surface area (Å²) in [7, 11) is 4.60. The van der Waals surface area contributed by atoms with Gasteiger partial charge in [-0.3, -0.25) is 9.36 Å². The van der Waals surface area contributed by atoms with Gasteiger partial charge >= 0.3 is 0 Å². The Morgan fingerprint density at radius 2 is 1.71 bits per heavy atom. The average Bonchev–Trinajstić information content (AvgIpc) is 3.36. The number of amides is 1. The van der Waals surface area contributed by atoms with Crippen LogP contribution in [0.4, 0.5) is 0 Å². The Labute approximate surface area is 222 Å². The molecule has 0 aliphatic heterocycles. The van der Waals surface area contributed by atoms with Gasteiger partial charge in [-0.25, -0.2) is 5.43 Å². The third kappa shape index (κ3) is 5.81. The zero-order valence-electron chi connectivity index (χ0n) is 20.8. The number of hydrogen-bond acceptors (Lipinski definition) is 10. The maximum atomic E-state index is 12.5. The number of para-hydroxylation sites is 1. The number of nitrogens with one attached hydrogen (secondary N) is 1. The van der Waals surface area contributed by atoms with Gasteiger partial charge in [-0.05, 0) is 36.4 Å². The number of hydrazone groups is 1. The number of ether oxygens (including phenoxy) is 3. The number of aromatic nitrogens is 3. The molecule has 12 heteroatoms. The van der Waals surface area contributed by atoms with E-state index < -0.39 is 0 Å². The van der Waals surface area contributed by atoms with Crippen LogP contribution in [0.5, 0.6) is 28.7 Å². The fraction of sp³-hybridized carbons (Fsp3) is 0.154. The van der Waals surface area contributed by atoms with Gasteiger partial charge in [0.2, 0.25) is 5.75 Å². The van der Waals surface area contributed by atoms with E-state index in [0.717, 1.165) is 5.69 Å². The van der Waals surface area contributed by atoms with Crippen LogP contribution in [0, 0.1) is 0 Å². The fourth-order valence-electron chi connectivity index (χ4n) is 3.55. The van der Waals surface area contributed by atoms with E-state index >= 15 is 0 Å². The molecule has 0 spiro atoms. The summed E-state index contributed by atoms with van der Waals surface area (Å²) >= 11 is 1.18. The SMILES string of the molecule is COc1cc(-c2nnc(SCC(=O)N/N=C\c3ccc(O)cc3O)n2-c2ccccc2)cc(OC)c1OC. The molecule has 1 aromatic heterocycles. The zero-order valence-corrected chi connectivity index (χ0v) is 21.6. The molecule has 196 valence electrons. The molecule has 0 atom stereocenters. The van der Waals surface area contributed by atoms with Gasteiger partial charge in [-0.2, -0.15) is 5.10 Å². The molecular formula is C26H25N5O6S. The number of aromatic hydroxyl groups is 2. The molecule has 0 aliphatic rings. The third-order valence-electron chi connectivity index (χ3n) is 5.31. The van der Waals surface area contributed by atoms with Crippen LogP contribution >= 0.6 is 11.8 Å². The minimum absolute atomic E-state index is 0.000871. The van der Waals surface area contributed by atoms with Crippen LogP contribution in [-0.4, -0.2) is 64.2 Å². The molecule has 0 unspecified atom stereocenters. The number of rotatable bonds is 10. The Hall–Kier alpha value is -4.71. The first-order chi connectivity index (χ1) is 18.4. The predicted octanol–water partition coefficient (Wildman–Crippen LogP) is 3.61. The van der Waals surface area contributed by atoms with Crippen LogP contribution in [-0.2, 0) is 4.79 Å². The average molecular weight is 536 g/mol. The number of benzene rings is 3.